The van der Waals surface area contributed by atoms with Crippen molar-refractivity contribution in [2.45, 2.75) is 19.8 Å². The molecule has 1 fully saturated rings. The molecule has 6 nitrogen and oxygen atoms in total. The normalized spacial score (nSPS) is 18.9. The average Bonchev–Trinajstić information content (AvgIpc) is 2.75. The van der Waals surface area contributed by atoms with Crippen LogP contribution < -0.4 is 0 Å². The lowest BCUT2D eigenvalue weighted by Gasteiger charge is -2.20. The van der Waals surface area contributed by atoms with E-state index >= 15 is 0 Å². The van der Waals surface area contributed by atoms with Crippen LogP contribution in [0.15, 0.2) is 0 Å². The summed E-state index contributed by atoms with van der Waals surface area (Å²) in [6, 6.07) is 0. The molecule has 0 aromatic rings. The Morgan fingerprint density at radius 3 is 2.67 bits per heavy atom. The number of carbonyl (C=O) groups is 3. The van der Waals surface area contributed by atoms with Gasteiger partial charge in [-0.15, -0.1) is 0 Å². The van der Waals surface area contributed by atoms with Crippen LogP contribution in [0.3, 0.4) is 0 Å². The monoisotopic (exact) mass is 256 g/mol. The third-order valence-corrected chi connectivity index (χ3v) is 3.20. The first kappa shape index (κ1) is 14.5. The van der Waals surface area contributed by atoms with Crippen molar-refractivity contribution in [3.8, 4) is 0 Å². The molecule has 0 spiro atoms. The molecule has 0 aromatic heterocycles. The number of esters is 1. The quantitative estimate of drug-likeness (QED) is 0.643. The standard InChI is InChI=1S/C12H20N2O4/c1-4-14-8-9(7-10(14)15)12(17)13(2)6-5-11(16)18-3/h9H,4-8H2,1-3H3. The van der Waals surface area contributed by atoms with Crippen LogP contribution in [0, 0.1) is 5.92 Å². The van der Waals surface area contributed by atoms with Crippen LogP contribution in [-0.4, -0.2) is 61.4 Å². The van der Waals surface area contributed by atoms with Crippen molar-refractivity contribution in [3.63, 3.8) is 0 Å². The summed E-state index contributed by atoms with van der Waals surface area (Å²) in [5, 5.41) is 0. The Hall–Kier alpha value is -1.59. The zero-order chi connectivity index (χ0) is 13.7. The Morgan fingerprint density at radius 1 is 1.50 bits per heavy atom. The summed E-state index contributed by atoms with van der Waals surface area (Å²) in [7, 11) is 2.96. The van der Waals surface area contributed by atoms with Crippen molar-refractivity contribution in [1.29, 1.82) is 0 Å². The molecule has 1 atom stereocenters. The van der Waals surface area contributed by atoms with Gasteiger partial charge in [-0.25, -0.2) is 0 Å². The Morgan fingerprint density at radius 2 is 2.17 bits per heavy atom. The van der Waals surface area contributed by atoms with Gasteiger partial charge in [0.05, 0.1) is 19.4 Å². The van der Waals surface area contributed by atoms with Crippen molar-refractivity contribution >= 4 is 17.8 Å². The van der Waals surface area contributed by atoms with Gasteiger partial charge in [-0.1, -0.05) is 0 Å². The number of hydrogen-bond donors (Lipinski definition) is 0. The Balaban J connectivity index is 2.45. The van der Waals surface area contributed by atoms with Crippen molar-refractivity contribution in [3.05, 3.63) is 0 Å². The molecule has 6 heteroatoms. The van der Waals surface area contributed by atoms with Crippen LogP contribution in [-0.2, 0) is 19.1 Å². The van der Waals surface area contributed by atoms with Gasteiger partial charge in [0.15, 0.2) is 0 Å². The molecule has 18 heavy (non-hydrogen) atoms. The molecule has 0 saturated carbocycles. The minimum absolute atomic E-state index is 0.0252. The summed E-state index contributed by atoms with van der Waals surface area (Å²) in [5.74, 6) is -0.673. The topological polar surface area (TPSA) is 66.9 Å². The molecule has 1 aliphatic heterocycles. The highest BCUT2D eigenvalue weighted by atomic mass is 16.5. The van der Waals surface area contributed by atoms with E-state index in [0.29, 0.717) is 19.6 Å². The van der Waals surface area contributed by atoms with Crippen LogP contribution in [0.4, 0.5) is 0 Å². The Kier molecular flexibility index (Phi) is 5.12. The highest BCUT2D eigenvalue weighted by Crippen LogP contribution is 2.19. The lowest BCUT2D eigenvalue weighted by Crippen LogP contribution is -2.36. The number of rotatable bonds is 5. The Labute approximate surface area is 107 Å². The molecule has 0 aliphatic carbocycles. The molecule has 1 rings (SSSR count). The number of methoxy groups -OCH3 is 1. The second kappa shape index (κ2) is 6.37. The van der Waals surface area contributed by atoms with Crippen LogP contribution in [0.25, 0.3) is 0 Å². The van der Waals surface area contributed by atoms with Gasteiger partial charge >= 0.3 is 5.97 Å². The second-order valence-electron chi connectivity index (χ2n) is 4.42. The zero-order valence-corrected chi connectivity index (χ0v) is 11.1. The Bertz CT molecular complexity index is 343. The number of likely N-dealkylation sites (tertiary alicyclic amines) is 1. The van der Waals surface area contributed by atoms with Crippen molar-refractivity contribution in [2.75, 3.05) is 33.8 Å². The summed E-state index contributed by atoms with van der Waals surface area (Å²) < 4.78 is 4.52. The molecule has 1 saturated heterocycles. The van der Waals surface area contributed by atoms with Crippen molar-refractivity contribution < 1.29 is 19.1 Å². The van der Waals surface area contributed by atoms with E-state index in [1.54, 1.807) is 11.9 Å². The van der Waals surface area contributed by atoms with Gasteiger partial charge in [-0.3, -0.25) is 14.4 Å². The smallest absolute Gasteiger partial charge is 0.307 e. The lowest BCUT2D eigenvalue weighted by atomic mass is 10.1. The van der Waals surface area contributed by atoms with Crippen LogP contribution >= 0.6 is 0 Å². The zero-order valence-electron chi connectivity index (χ0n) is 11.1. The van der Waals surface area contributed by atoms with Gasteiger partial charge in [-0.05, 0) is 6.92 Å². The molecule has 0 aromatic carbocycles. The fraction of sp³-hybridized carbons (Fsp3) is 0.750. The number of ether oxygens (including phenoxy) is 1. The largest absolute Gasteiger partial charge is 0.469 e. The molecular formula is C12H20N2O4. The lowest BCUT2D eigenvalue weighted by molar-refractivity contribution is -0.142. The highest BCUT2D eigenvalue weighted by molar-refractivity contribution is 5.89. The summed E-state index contributed by atoms with van der Waals surface area (Å²) in [4.78, 5) is 37.7. The van der Waals surface area contributed by atoms with Gasteiger partial charge in [0.1, 0.15) is 0 Å². The van der Waals surface area contributed by atoms with Crippen LogP contribution in [0.5, 0.6) is 0 Å². The van der Waals surface area contributed by atoms with E-state index < -0.39 is 0 Å². The van der Waals surface area contributed by atoms with Crippen molar-refractivity contribution in [1.82, 2.24) is 9.80 Å². The van der Waals surface area contributed by atoms with Gasteiger partial charge in [0, 0.05) is 33.1 Å². The first-order chi connectivity index (χ1) is 8.49. The van der Waals surface area contributed by atoms with Crippen molar-refractivity contribution in [2.24, 2.45) is 5.92 Å². The van der Waals surface area contributed by atoms with E-state index in [0.717, 1.165) is 0 Å². The summed E-state index contributed by atoms with van der Waals surface area (Å²) >= 11 is 0. The second-order valence-corrected chi connectivity index (χ2v) is 4.42. The van der Waals surface area contributed by atoms with Gasteiger partial charge in [0.25, 0.3) is 0 Å². The molecule has 0 N–H and O–H groups in total. The molecule has 1 aliphatic rings. The van der Waals surface area contributed by atoms with Crippen LogP contribution in [0.2, 0.25) is 0 Å². The molecule has 1 heterocycles. The fourth-order valence-electron chi connectivity index (χ4n) is 2.03. The van der Waals surface area contributed by atoms with Gasteiger partial charge in [-0.2, -0.15) is 0 Å². The molecule has 0 radical (unpaired) electrons. The summed E-state index contributed by atoms with van der Waals surface area (Å²) in [6.07, 6.45) is 0.451. The maximum Gasteiger partial charge on any atom is 0.307 e. The van der Waals surface area contributed by atoms with E-state index in [9.17, 15) is 14.4 Å². The van der Waals surface area contributed by atoms with E-state index in [1.165, 1.54) is 12.0 Å². The minimum atomic E-state index is -0.340. The van der Waals surface area contributed by atoms with Gasteiger partial charge in [0.2, 0.25) is 11.8 Å². The van der Waals surface area contributed by atoms with E-state index in [-0.39, 0.29) is 36.5 Å². The first-order valence-corrected chi connectivity index (χ1v) is 6.09. The average molecular weight is 256 g/mol. The number of nitrogens with zero attached hydrogens (tertiary/aromatic N) is 2. The molecule has 0 bridgehead atoms. The third kappa shape index (κ3) is 3.45. The van der Waals surface area contributed by atoms with Gasteiger partial charge < -0.3 is 14.5 Å². The fourth-order valence-corrected chi connectivity index (χ4v) is 2.03. The third-order valence-electron chi connectivity index (χ3n) is 3.20. The maximum atomic E-state index is 12.0. The van der Waals surface area contributed by atoms with E-state index in [1.807, 2.05) is 6.92 Å². The summed E-state index contributed by atoms with van der Waals surface area (Å²) in [6.45, 7) is 3.33. The van der Waals surface area contributed by atoms with E-state index in [2.05, 4.69) is 4.74 Å². The first-order valence-electron chi connectivity index (χ1n) is 6.09. The molecule has 1 unspecified atom stereocenters. The number of carbonyl (C=O) groups excluding carboxylic acids is 3. The maximum absolute atomic E-state index is 12.0. The summed E-state index contributed by atoms with van der Waals surface area (Å²) in [5.41, 5.74) is 0. The number of amides is 2. The predicted octanol–water partition coefficient (Wildman–Crippen LogP) is -0.124. The molecule has 102 valence electrons. The number of hydrogen-bond acceptors (Lipinski definition) is 4. The SMILES string of the molecule is CCN1CC(C(=O)N(C)CCC(=O)OC)CC1=O. The minimum Gasteiger partial charge on any atom is -0.469 e. The van der Waals surface area contributed by atoms with Crippen LogP contribution in [0.1, 0.15) is 19.8 Å². The predicted molar refractivity (Wildman–Crippen MR) is 64.6 cm³/mol. The molecular weight excluding hydrogens is 236 g/mol. The van der Waals surface area contributed by atoms with E-state index in [4.69, 9.17) is 0 Å². The molecule has 2 amide bonds. The highest BCUT2D eigenvalue weighted by Gasteiger charge is 2.34.